The Hall–Kier alpha value is -2.30. The lowest BCUT2D eigenvalue weighted by atomic mass is 10.2. The van der Waals surface area contributed by atoms with Gasteiger partial charge in [-0.2, -0.15) is 5.10 Å². The molecule has 0 aliphatic rings. The first-order valence-corrected chi connectivity index (χ1v) is 7.03. The zero-order chi connectivity index (χ0) is 15.4. The number of aromatic nitrogens is 2. The average molecular weight is 286 g/mol. The fourth-order valence-electron chi connectivity index (χ4n) is 2.02. The standard InChI is InChI=1S/C16H22N4O/c1-12-9-18-20(11-12)13(2)10-17-16(21)14-5-7-15(8-6-14)19(3)4/h5-9,11,13H,10H2,1-4H3,(H,17,21)/t13-/m0/s1. The SMILES string of the molecule is Cc1cnn([C@@H](C)CNC(=O)c2ccc(N(C)C)cc2)c1. The maximum atomic E-state index is 12.1. The highest BCUT2D eigenvalue weighted by Crippen LogP contribution is 2.12. The number of carbonyl (C=O) groups is 1. The maximum Gasteiger partial charge on any atom is 0.251 e. The molecule has 0 bridgehead atoms. The van der Waals surface area contributed by atoms with Crippen LogP contribution in [0.15, 0.2) is 36.7 Å². The molecule has 1 aromatic heterocycles. The average Bonchev–Trinajstić information content (AvgIpc) is 2.91. The molecule has 2 aromatic rings. The van der Waals surface area contributed by atoms with Crippen molar-refractivity contribution in [2.45, 2.75) is 19.9 Å². The smallest absolute Gasteiger partial charge is 0.251 e. The van der Waals surface area contributed by atoms with Crippen molar-refractivity contribution in [3.05, 3.63) is 47.8 Å². The van der Waals surface area contributed by atoms with E-state index in [1.54, 1.807) is 0 Å². The molecule has 1 N–H and O–H groups in total. The molecule has 5 nitrogen and oxygen atoms in total. The third kappa shape index (κ3) is 3.84. The lowest BCUT2D eigenvalue weighted by Crippen LogP contribution is -2.29. The molecule has 0 spiro atoms. The van der Waals surface area contributed by atoms with E-state index in [4.69, 9.17) is 0 Å². The zero-order valence-electron chi connectivity index (χ0n) is 13.0. The Kier molecular flexibility index (Phi) is 4.62. The van der Waals surface area contributed by atoms with Crippen LogP contribution in [0.4, 0.5) is 5.69 Å². The molecule has 1 amide bonds. The predicted molar refractivity (Wildman–Crippen MR) is 84.8 cm³/mol. The van der Waals surface area contributed by atoms with Crippen molar-refractivity contribution in [1.82, 2.24) is 15.1 Å². The van der Waals surface area contributed by atoms with Crippen molar-refractivity contribution in [3.8, 4) is 0 Å². The summed E-state index contributed by atoms with van der Waals surface area (Å²) in [7, 11) is 3.95. The van der Waals surface area contributed by atoms with E-state index in [1.165, 1.54) is 0 Å². The molecule has 0 unspecified atom stereocenters. The lowest BCUT2D eigenvalue weighted by molar-refractivity contribution is 0.0948. The molecular formula is C16H22N4O. The van der Waals surface area contributed by atoms with Gasteiger partial charge in [0, 0.05) is 38.1 Å². The monoisotopic (exact) mass is 286 g/mol. The van der Waals surface area contributed by atoms with Crippen LogP contribution >= 0.6 is 0 Å². The van der Waals surface area contributed by atoms with Crippen LogP contribution in [-0.4, -0.2) is 36.3 Å². The van der Waals surface area contributed by atoms with Gasteiger partial charge in [-0.3, -0.25) is 9.48 Å². The molecular weight excluding hydrogens is 264 g/mol. The van der Waals surface area contributed by atoms with Gasteiger partial charge in [0.2, 0.25) is 0 Å². The van der Waals surface area contributed by atoms with E-state index in [1.807, 2.05) is 74.2 Å². The summed E-state index contributed by atoms with van der Waals surface area (Å²) in [6.07, 6.45) is 3.79. The summed E-state index contributed by atoms with van der Waals surface area (Å²) in [5.41, 5.74) is 2.86. The molecule has 0 aliphatic carbocycles. The molecule has 0 aliphatic heterocycles. The summed E-state index contributed by atoms with van der Waals surface area (Å²) in [5, 5.41) is 7.20. The van der Waals surface area contributed by atoms with Gasteiger partial charge in [0.1, 0.15) is 0 Å². The second-order valence-electron chi connectivity index (χ2n) is 5.50. The fourth-order valence-corrected chi connectivity index (χ4v) is 2.02. The third-order valence-corrected chi connectivity index (χ3v) is 3.39. The van der Waals surface area contributed by atoms with E-state index >= 15 is 0 Å². The van der Waals surface area contributed by atoms with Crippen LogP contribution < -0.4 is 10.2 Å². The van der Waals surface area contributed by atoms with Gasteiger partial charge in [0.05, 0.1) is 12.2 Å². The Balaban J connectivity index is 1.92. The highest BCUT2D eigenvalue weighted by molar-refractivity contribution is 5.94. The van der Waals surface area contributed by atoms with Crippen LogP contribution in [0.25, 0.3) is 0 Å². The number of carbonyl (C=O) groups excluding carboxylic acids is 1. The normalized spacial score (nSPS) is 12.0. The highest BCUT2D eigenvalue weighted by atomic mass is 16.1. The molecule has 112 valence electrons. The molecule has 5 heteroatoms. The van der Waals surface area contributed by atoms with E-state index < -0.39 is 0 Å². The van der Waals surface area contributed by atoms with E-state index in [2.05, 4.69) is 10.4 Å². The van der Waals surface area contributed by atoms with Gasteiger partial charge in [0.15, 0.2) is 0 Å². The summed E-state index contributed by atoms with van der Waals surface area (Å²) in [4.78, 5) is 14.1. The van der Waals surface area contributed by atoms with Crippen LogP contribution in [0.1, 0.15) is 28.9 Å². The van der Waals surface area contributed by atoms with E-state index in [0.717, 1.165) is 11.3 Å². The molecule has 0 fully saturated rings. The van der Waals surface area contributed by atoms with Crippen molar-refractivity contribution in [2.24, 2.45) is 0 Å². The first-order chi connectivity index (χ1) is 9.97. The Bertz CT molecular complexity index is 601. The Morgan fingerprint density at radius 2 is 2.00 bits per heavy atom. The summed E-state index contributed by atoms with van der Waals surface area (Å²) in [5.74, 6) is -0.0592. The van der Waals surface area contributed by atoms with Crippen molar-refractivity contribution < 1.29 is 4.79 Å². The third-order valence-electron chi connectivity index (χ3n) is 3.39. The van der Waals surface area contributed by atoms with E-state index in [-0.39, 0.29) is 11.9 Å². The first kappa shape index (κ1) is 15.1. The molecule has 1 aromatic carbocycles. The van der Waals surface area contributed by atoms with Gasteiger partial charge < -0.3 is 10.2 Å². The summed E-state index contributed by atoms with van der Waals surface area (Å²) < 4.78 is 1.87. The van der Waals surface area contributed by atoms with Gasteiger partial charge in [-0.05, 0) is 43.7 Å². The van der Waals surface area contributed by atoms with E-state index in [9.17, 15) is 4.79 Å². The van der Waals surface area contributed by atoms with Crippen molar-refractivity contribution in [3.63, 3.8) is 0 Å². The van der Waals surface area contributed by atoms with Gasteiger partial charge in [-0.15, -0.1) is 0 Å². The number of aryl methyl sites for hydroxylation is 1. The molecule has 0 saturated carbocycles. The number of hydrogen-bond acceptors (Lipinski definition) is 3. The maximum absolute atomic E-state index is 12.1. The lowest BCUT2D eigenvalue weighted by Gasteiger charge is -2.14. The summed E-state index contributed by atoms with van der Waals surface area (Å²) >= 11 is 0. The minimum absolute atomic E-state index is 0.0592. The molecule has 0 saturated heterocycles. The second kappa shape index (κ2) is 6.43. The summed E-state index contributed by atoms with van der Waals surface area (Å²) in [6, 6.07) is 7.69. The topological polar surface area (TPSA) is 50.2 Å². The van der Waals surface area contributed by atoms with Crippen LogP contribution in [0, 0.1) is 6.92 Å². The van der Waals surface area contributed by atoms with Gasteiger partial charge in [0.25, 0.3) is 5.91 Å². The van der Waals surface area contributed by atoms with E-state index in [0.29, 0.717) is 12.1 Å². The van der Waals surface area contributed by atoms with Crippen LogP contribution in [0.3, 0.4) is 0 Å². The van der Waals surface area contributed by atoms with Crippen molar-refractivity contribution in [2.75, 3.05) is 25.5 Å². The molecule has 1 heterocycles. The van der Waals surface area contributed by atoms with Gasteiger partial charge in [-0.1, -0.05) is 0 Å². The number of nitrogens with zero attached hydrogens (tertiary/aromatic N) is 3. The summed E-state index contributed by atoms with van der Waals surface area (Å²) in [6.45, 7) is 4.58. The minimum Gasteiger partial charge on any atom is -0.378 e. The highest BCUT2D eigenvalue weighted by Gasteiger charge is 2.10. The van der Waals surface area contributed by atoms with Crippen LogP contribution in [0.2, 0.25) is 0 Å². The number of benzene rings is 1. The second-order valence-corrected chi connectivity index (χ2v) is 5.50. The Morgan fingerprint density at radius 3 is 2.52 bits per heavy atom. The number of amides is 1. The van der Waals surface area contributed by atoms with Crippen LogP contribution in [-0.2, 0) is 0 Å². The molecule has 21 heavy (non-hydrogen) atoms. The molecule has 1 atom stereocenters. The first-order valence-electron chi connectivity index (χ1n) is 7.03. The minimum atomic E-state index is -0.0592. The van der Waals surface area contributed by atoms with Gasteiger partial charge in [-0.25, -0.2) is 0 Å². The largest absolute Gasteiger partial charge is 0.378 e. The number of rotatable bonds is 5. The fraction of sp³-hybridized carbons (Fsp3) is 0.375. The van der Waals surface area contributed by atoms with Crippen molar-refractivity contribution in [1.29, 1.82) is 0 Å². The van der Waals surface area contributed by atoms with Gasteiger partial charge >= 0.3 is 0 Å². The number of hydrogen-bond donors (Lipinski definition) is 1. The quantitative estimate of drug-likeness (QED) is 0.917. The molecule has 0 radical (unpaired) electrons. The molecule has 2 rings (SSSR count). The Labute approximate surface area is 125 Å². The Morgan fingerprint density at radius 1 is 1.33 bits per heavy atom. The van der Waals surface area contributed by atoms with Crippen LogP contribution in [0.5, 0.6) is 0 Å². The number of nitrogens with one attached hydrogen (secondary N) is 1. The predicted octanol–water partition coefficient (Wildman–Crippen LogP) is 2.25. The van der Waals surface area contributed by atoms with Crippen molar-refractivity contribution >= 4 is 11.6 Å². The zero-order valence-corrected chi connectivity index (χ0v) is 13.0. The number of anilines is 1.